The molecule has 1 N–H and O–H groups in total. The second kappa shape index (κ2) is 7.65. The number of rotatable bonds is 6. The molecular weight excluding hydrogens is 346 g/mol. The first kappa shape index (κ1) is 18.9. The number of benzene rings is 1. The first-order chi connectivity index (χ1) is 11.7. The van der Waals surface area contributed by atoms with Gasteiger partial charge in [0.1, 0.15) is 6.54 Å². The molecule has 1 fully saturated rings. The van der Waals surface area contributed by atoms with Crippen LogP contribution in [0.3, 0.4) is 0 Å². The van der Waals surface area contributed by atoms with E-state index in [-0.39, 0.29) is 18.5 Å². The third-order valence-corrected chi connectivity index (χ3v) is 3.95. The van der Waals surface area contributed by atoms with Gasteiger partial charge in [0.2, 0.25) is 5.91 Å². The molecule has 0 radical (unpaired) electrons. The summed E-state index contributed by atoms with van der Waals surface area (Å²) in [6, 6.07) is 5.88. The Morgan fingerprint density at radius 2 is 1.76 bits per heavy atom. The Morgan fingerprint density at radius 3 is 2.36 bits per heavy atom. The number of halogens is 1. The molecule has 0 aliphatic carbocycles. The quantitative estimate of drug-likeness (QED) is 0.616. The van der Waals surface area contributed by atoms with E-state index in [1.807, 2.05) is 13.8 Å². The highest BCUT2D eigenvalue weighted by atomic mass is 35.5. The minimum atomic E-state index is -0.976. The van der Waals surface area contributed by atoms with E-state index in [9.17, 15) is 19.2 Å². The number of nitrogens with one attached hydrogen (secondary N) is 1. The third kappa shape index (κ3) is 4.36. The number of urea groups is 1. The van der Waals surface area contributed by atoms with E-state index in [1.165, 1.54) is 0 Å². The zero-order chi connectivity index (χ0) is 18.7. The average Bonchev–Trinajstić information content (AvgIpc) is 2.72. The molecule has 5 amide bonds. The lowest BCUT2D eigenvalue weighted by atomic mass is 10.1. The lowest BCUT2D eigenvalue weighted by Crippen LogP contribution is -2.42. The standard InChI is InChI=1S/C17H20ClN3O4/c1-10(2)8-20-15(23)16(24)21(17(20)25)9-14(22)19-11(3)12-5-4-6-13(18)7-12/h4-7,10-11H,8-9H2,1-3H3,(H,19,22)/t11-/m1/s1. The molecule has 2 rings (SSSR count). The van der Waals surface area contributed by atoms with Crippen molar-refractivity contribution < 1.29 is 19.2 Å². The molecule has 134 valence electrons. The molecule has 7 nitrogen and oxygen atoms in total. The number of nitrogens with zero attached hydrogens (tertiary/aromatic N) is 2. The van der Waals surface area contributed by atoms with Gasteiger partial charge in [-0.1, -0.05) is 37.6 Å². The summed E-state index contributed by atoms with van der Waals surface area (Å²) in [5.41, 5.74) is 0.789. The van der Waals surface area contributed by atoms with Gasteiger partial charge in [0.15, 0.2) is 0 Å². The zero-order valence-electron chi connectivity index (χ0n) is 14.3. The maximum absolute atomic E-state index is 12.2. The molecule has 1 heterocycles. The van der Waals surface area contributed by atoms with Crippen molar-refractivity contribution in [3.05, 3.63) is 34.9 Å². The van der Waals surface area contributed by atoms with Crippen molar-refractivity contribution in [1.29, 1.82) is 0 Å². The highest BCUT2D eigenvalue weighted by Crippen LogP contribution is 2.18. The molecule has 25 heavy (non-hydrogen) atoms. The fraction of sp³-hybridized carbons (Fsp3) is 0.412. The average molecular weight is 366 g/mol. The lowest BCUT2D eigenvalue weighted by molar-refractivity contribution is -0.144. The molecule has 1 saturated heterocycles. The summed E-state index contributed by atoms with van der Waals surface area (Å²) in [6.07, 6.45) is 0. The molecule has 8 heteroatoms. The number of hydrogen-bond donors (Lipinski definition) is 1. The summed E-state index contributed by atoms with van der Waals surface area (Å²) >= 11 is 5.92. The number of hydrogen-bond acceptors (Lipinski definition) is 4. The summed E-state index contributed by atoms with van der Waals surface area (Å²) in [6.45, 7) is 5.05. The van der Waals surface area contributed by atoms with E-state index in [4.69, 9.17) is 11.6 Å². The van der Waals surface area contributed by atoms with Gasteiger partial charge in [-0.3, -0.25) is 19.3 Å². The summed E-state index contributed by atoms with van der Waals surface area (Å²) in [4.78, 5) is 49.8. The molecule has 0 saturated carbocycles. The fourth-order valence-corrected chi connectivity index (χ4v) is 2.70. The number of carbonyl (C=O) groups excluding carboxylic acids is 4. The first-order valence-electron chi connectivity index (χ1n) is 7.92. The second-order valence-corrected chi connectivity index (χ2v) is 6.76. The normalized spacial score (nSPS) is 16.0. The minimum Gasteiger partial charge on any atom is -0.348 e. The van der Waals surface area contributed by atoms with Crippen LogP contribution in [-0.2, 0) is 14.4 Å². The third-order valence-electron chi connectivity index (χ3n) is 3.71. The maximum Gasteiger partial charge on any atom is 0.334 e. The van der Waals surface area contributed by atoms with Gasteiger partial charge < -0.3 is 5.32 Å². The van der Waals surface area contributed by atoms with Crippen molar-refractivity contribution in [2.45, 2.75) is 26.8 Å². The van der Waals surface area contributed by atoms with Crippen molar-refractivity contribution in [1.82, 2.24) is 15.1 Å². The monoisotopic (exact) mass is 365 g/mol. The molecule has 1 aromatic carbocycles. The van der Waals surface area contributed by atoms with Crippen LogP contribution in [0.5, 0.6) is 0 Å². The SMILES string of the molecule is CC(C)CN1C(=O)C(=O)N(CC(=O)N[C@H](C)c2cccc(Cl)c2)C1=O. The molecule has 0 unspecified atom stereocenters. The molecule has 0 aromatic heterocycles. The van der Waals surface area contributed by atoms with Crippen LogP contribution in [0.1, 0.15) is 32.4 Å². The van der Waals surface area contributed by atoms with Crippen LogP contribution >= 0.6 is 11.6 Å². The van der Waals surface area contributed by atoms with Crippen LogP contribution in [0.25, 0.3) is 0 Å². The van der Waals surface area contributed by atoms with Gasteiger partial charge >= 0.3 is 17.8 Å². The van der Waals surface area contributed by atoms with Crippen molar-refractivity contribution in [2.24, 2.45) is 5.92 Å². The van der Waals surface area contributed by atoms with Gasteiger partial charge in [-0.2, -0.15) is 0 Å². The molecule has 1 atom stereocenters. The van der Waals surface area contributed by atoms with Gasteiger partial charge in [0.25, 0.3) is 0 Å². The predicted molar refractivity (Wildman–Crippen MR) is 91.7 cm³/mol. The summed E-state index contributed by atoms with van der Waals surface area (Å²) in [5.74, 6) is -2.38. The Labute approximate surface area is 150 Å². The van der Waals surface area contributed by atoms with E-state index in [2.05, 4.69) is 5.32 Å². The minimum absolute atomic E-state index is 0.0253. The van der Waals surface area contributed by atoms with Crippen LogP contribution in [0.15, 0.2) is 24.3 Å². The number of amides is 5. The van der Waals surface area contributed by atoms with E-state index in [0.29, 0.717) is 9.92 Å². The Bertz CT molecular complexity index is 720. The van der Waals surface area contributed by atoms with Gasteiger partial charge in [0, 0.05) is 11.6 Å². The van der Waals surface area contributed by atoms with E-state index < -0.39 is 30.3 Å². The van der Waals surface area contributed by atoms with E-state index >= 15 is 0 Å². The molecule has 1 aromatic rings. The fourth-order valence-electron chi connectivity index (χ4n) is 2.51. The lowest BCUT2D eigenvalue weighted by Gasteiger charge is -2.18. The molecule has 0 bridgehead atoms. The van der Waals surface area contributed by atoms with Gasteiger partial charge in [-0.25, -0.2) is 9.69 Å². The molecule has 1 aliphatic rings. The highest BCUT2D eigenvalue weighted by Gasteiger charge is 2.45. The molecule has 1 aliphatic heterocycles. The van der Waals surface area contributed by atoms with Crippen LogP contribution < -0.4 is 5.32 Å². The van der Waals surface area contributed by atoms with Crippen molar-refractivity contribution in [2.75, 3.05) is 13.1 Å². The van der Waals surface area contributed by atoms with Gasteiger partial charge in [-0.15, -0.1) is 0 Å². The predicted octanol–water partition coefficient (Wildman–Crippen LogP) is 1.96. The Balaban J connectivity index is 2.01. The summed E-state index contributed by atoms with van der Waals surface area (Å²) in [7, 11) is 0. The first-order valence-corrected chi connectivity index (χ1v) is 8.30. The van der Waals surface area contributed by atoms with Crippen molar-refractivity contribution >= 4 is 35.4 Å². The van der Waals surface area contributed by atoms with Gasteiger partial charge in [0.05, 0.1) is 6.04 Å². The summed E-state index contributed by atoms with van der Waals surface area (Å²) < 4.78 is 0. The van der Waals surface area contributed by atoms with Crippen LogP contribution in [-0.4, -0.2) is 46.6 Å². The van der Waals surface area contributed by atoms with Crippen LogP contribution in [0.2, 0.25) is 5.02 Å². The van der Waals surface area contributed by atoms with Gasteiger partial charge in [-0.05, 0) is 30.5 Å². The number of imide groups is 2. The Kier molecular flexibility index (Phi) is 5.79. The highest BCUT2D eigenvalue weighted by molar-refractivity contribution is 6.45. The molecule has 0 spiro atoms. The van der Waals surface area contributed by atoms with Crippen molar-refractivity contribution in [3.8, 4) is 0 Å². The summed E-state index contributed by atoms with van der Waals surface area (Å²) in [5, 5.41) is 3.23. The molecular formula is C17H20ClN3O4. The number of carbonyl (C=O) groups is 4. The van der Waals surface area contributed by atoms with Crippen LogP contribution in [0, 0.1) is 5.92 Å². The Hall–Kier alpha value is -2.41. The second-order valence-electron chi connectivity index (χ2n) is 6.33. The topological polar surface area (TPSA) is 86.8 Å². The van der Waals surface area contributed by atoms with E-state index in [0.717, 1.165) is 10.5 Å². The van der Waals surface area contributed by atoms with Crippen molar-refractivity contribution in [3.63, 3.8) is 0 Å². The maximum atomic E-state index is 12.2. The zero-order valence-corrected chi connectivity index (χ0v) is 15.0. The van der Waals surface area contributed by atoms with E-state index in [1.54, 1.807) is 31.2 Å². The smallest absolute Gasteiger partial charge is 0.334 e. The Morgan fingerprint density at radius 1 is 1.12 bits per heavy atom. The largest absolute Gasteiger partial charge is 0.348 e. The van der Waals surface area contributed by atoms with Crippen LogP contribution in [0.4, 0.5) is 4.79 Å².